The second-order valence-corrected chi connectivity index (χ2v) is 6.09. The van der Waals surface area contributed by atoms with Crippen molar-refractivity contribution < 1.29 is 17.9 Å². The van der Waals surface area contributed by atoms with E-state index in [-0.39, 0.29) is 0 Å². The van der Waals surface area contributed by atoms with Crippen LogP contribution < -0.4 is 5.32 Å². The number of alkyl halides is 3. The molecule has 5 nitrogen and oxygen atoms in total. The molecule has 0 radical (unpaired) electrons. The summed E-state index contributed by atoms with van der Waals surface area (Å²) in [6, 6.07) is 0. The molecule has 0 spiro atoms. The standard InChI is InChI=1S/C15H29F3N4O/c1-19-14(20-7-9-21(2)12-15(16,17)18)22(3)8-4-13-5-10-23-11-6-13/h13H,4-12H2,1-3H3,(H,19,20). The first-order chi connectivity index (χ1) is 10.8. The maximum Gasteiger partial charge on any atom is 0.401 e. The third-order valence-electron chi connectivity index (χ3n) is 4.01. The van der Waals surface area contributed by atoms with E-state index in [9.17, 15) is 13.2 Å². The first-order valence-corrected chi connectivity index (χ1v) is 8.06. The van der Waals surface area contributed by atoms with Crippen molar-refractivity contribution in [2.45, 2.75) is 25.4 Å². The van der Waals surface area contributed by atoms with Gasteiger partial charge in [-0.15, -0.1) is 0 Å². The van der Waals surface area contributed by atoms with Crippen LogP contribution in [0.5, 0.6) is 0 Å². The van der Waals surface area contributed by atoms with Gasteiger partial charge in [-0.2, -0.15) is 13.2 Å². The van der Waals surface area contributed by atoms with E-state index in [1.165, 1.54) is 11.9 Å². The molecule has 136 valence electrons. The Bertz CT molecular complexity index is 357. The van der Waals surface area contributed by atoms with Crippen LogP contribution in [0.2, 0.25) is 0 Å². The molecule has 1 N–H and O–H groups in total. The lowest BCUT2D eigenvalue weighted by Crippen LogP contribution is -2.43. The third-order valence-corrected chi connectivity index (χ3v) is 4.01. The maximum absolute atomic E-state index is 12.3. The van der Waals surface area contributed by atoms with Crippen LogP contribution in [0.25, 0.3) is 0 Å². The average molecular weight is 338 g/mol. The van der Waals surface area contributed by atoms with E-state index in [1.807, 2.05) is 11.9 Å². The van der Waals surface area contributed by atoms with E-state index in [0.29, 0.717) is 19.0 Å². The van der Waals surface area contributed by atoms with Crippen LogP contribution in [0.4, 0.5) is 13.2 Å². The topological polar surface area (TPSA) is 40.1 Å². The predicted molar refractivity (Wildman–Crippen MR) is 85.7 cm³/mol. The summed E-state index contributed by atoms with van der Waals surface area (Å²) in [6.07, 6.45) is -0.879. The number of nitrogens with zero attached hydrogens (tertiary/aromatic N) is 3. The highest BCUT2D eigenvalue weighted by atomic mass is 19.4. The molecule has 0 unspecified atom stereocenters. The van der Waals surface area contributed by atoms with Crippen LogP contribution in [-0.2, 0) is 4.74 Å². The summed E-state index contributed by atoms with van der Waals surface area (Å²) in [4.78, 5) is 7.47. The minimum absolute atomic E-state index is 0.312. The highest BCUT2D eigenvalue weighted by Gasteiger charge is 2.28. The van der Waals surface area contributed by atoms with Gasteiger partial charge in [0.2, 0.25) is 0 Å². The summed E-state index contributed by atoms with van der Waals surface area (Å²) >= 11 is 0. The normalized spacial score (nSPS) is 17.6. The molecule has 0 aromatic rings. The van der Waals surface area contributed by atoms with E-state index in [1.54, 1.807) is 7.05 Å². The number of likely N-dealkylation sites (N-methyl/N-ethyl adjacent to an activating group) is 1. The molecule has 23 heavy (non-hydrogen) atoms. The van der Waals surface area contributed by atoms with E-state index >= 15 is 0 Å². The molecule has 1 rings (SSSR count). The first-order valence-electron chi connectivity index (χ1n) is 8.06. The van der Waals surface area contributed by atoms with Crippen LogP contribution in [0.3, 0.4) is 0 Å². The van der Waals surface area contributed by atoms with Crippen molar-refractivity contribution in [3.05, 3.63) is 0 Å². The van der Waals surface area contributed by atoms with Gasteiger partial charge >= 0.3 is 6.18 Å². The summed E-state index contributed by atoms with van der Waals surface area (Å²) < 4.78 is 42.1. The molecule has 0 aromatic heterocycles. The molecule has 1 aliphatic rings. The van der Waals surface area contributed by atoms with Gasteiger partial charge in [0, 0.05) is 46.9 Å². The number of hydrogen-bond donors (Lipinski definition) is 1. The maximum atomic E-state index is 12.3. The van der Waals surface area contributed by atoms with Gasteiger partial charge in [0.15, 0.2) is 5.96 Å². The number of hydrogen-bond acceptors (Lipinski definition) is 3. The Morgan fingerprint density at radius 1 is 1.22 bits per heavy atom. The molecular weight excluding hydrogens is 309 g/mol. The molecule has 8 heteroatoms. The lowest BCUT2D eigenvalue weighted by Gasteiger charge is -2.27. The molecule has 0 bridgehead atoms. The zero-order chi connectivity index (χ0) is 17.3. The molecule has 1 heterocycles. The Morgan fingerprint density at radius 2 is 1.87 bits per heavy atom. The molecule has 1 saturated heterocycles. The summed E-state index contributed by atoms with van der Waals surface area (Å²) in [5, 5.41) is 3.12. The van der Waals surface area contributed by atoms with E-state index in [2.05, 4.69) is 10.3 Å². The number of ether oxygens (including phenoxy) is 1. The molecular formula is C15H29F3N4O. The first kappa shape index (κ1) is 20.0. The highest BCUT2D eigenvalue weighted by molar-refractivity contribution is 5.79. The van der Waals surface area contributed by atoms with Crippen molar-refractivity contribution >= 4 is 5.96 Å². The summed E-state index contributed by atoms with van der Waals surface area (Å²) in [5.41, 5.74) is 0. The van der Waals surface area contributed by atoms with Crippen molar-refractivity contribution in [1.29, 1.82) is 0 Å². The van der Waals surface area contributed by atoms with Gasteiger partial charge in [0.05, 0.1) is 6.54 Å². The largest absolute Gasteiger partial charge is 0.401 e. The molecule has 0 aliphatic carbocycles. The minimum atomic E-state index is -4.16. The van der Waals surface area contributed by atoms with Gasteiger partial charge in [-0.05, 0) is 32.2 Å². The van der Waals surface area contributed by atoms with Gasteiger partial charge < -0.3 is 15.0 Å². The number of halogens is 3. The van der Waals surface area contributed by atoms with Crippen LogP contribution in [0.15, 0.2) is 4.99 Å². The molecule has 1 fully saturated rings. The lowest BCUT2D eigenvalue weighted by molar-refractivity contribution is -0.142. The van der Waals surface area contributed by atoms with Crippen molar-refractivity contribution in [3.8, 4) is 0 Å². The molecule has 0 atom stereocenters. The van der Waals surface area contributed by atoms with Crippen LogP contribution in [0.1, 0.15) is 19.3 Å². The molecule has 0 aromatic carbocycles. The van der Waals surface area contributed by atoms with E-state index in [4.69, 9.17) is 4.74 Å². The third kappa shape index (κ3) is 9.00. The number of rotatable bonds is 7. The van der Waals surface area contributed by atoms with E-state index < -0.39 is 12.7 Å². The second kappa shape index (κ2) is 9.97. The zero-order valence-corrected chi connectivity index (χ0v) is 14.3. The molecule has 0 amide bonds. The van der Waals surface area contributed by atoms with Gasteiger partial charge in [0.1, 0.15) is 0 Å². The minimum Gasteiger partial charge on any atom is -0.381 e. The lowest BCUT2D eigenvalue weighted by atomic mass is 9.96. The summed E-state index contributed by atoms with van der Waals surface area (Å²) in [6.45, 7) is 2.41. The van der Waals surface area contributed by atoms with Crippen LogP contribution in [-0.4, -0.2) is 82.5 Å². The van der Waals surface area contributed by atoms with Crippen LogP contribution >= 0.6 is 0 Å². The van der Waals surface area contributed by atoms with Gasteiger partial charge in [-0.3, -0.25) is 9.89 Å². The highest BCUT2D eigenvalue weighted by Crippen LogP contribution is 2.18. The Morgan fingerprint density at radius 3 is 2.43 bits per heavy atom. The van der Waals surface area contributed by atoms with Gasteiger partial charge in [0.25, 0.3) is 0 Å². The fraction of sp³-hybridized carbons (Fsp3) is 0.933. The van der Waals surface area contributed by atoms with Crippen molar-refractivity contribution in [2.24, 2.45) is 10.9 Å². The van der Waals surface area contributed by atoms with Crippen molar-refractivity contribution in [3.63, 3.8) is 0 Å². The zero-order valence-electron chi connectivity index (χ0n) is 14.3. The quantitative estimate of drug-likeness (QED) is 0.568. The number of guanidine groups is 1. The van der Waals surface area contributed by atoms with Crippen molar-refractivity contribution in [2.75, 3.05) is 60.5 Å². The Hall–Kier alpha value is -1.02. The predicted octanol–water partition coefficient (Wildman–Crippen LogP) is 1.80. The van der Waals surface area contributed by atoms with Gasteiger partial charge in [-0.1, -0.05) is 0 Å². The average Bonchev–Trinajstić information content (AvgIpc) is 2.48. The van der Waals surface area contributed by atoms with Gasteiger partial charge in [-0.25, -0.2) is 0 Å². The Kier molecular flexibility index (Phi) is 8.68. The molecule has 1 aliphatic heterocycles. The summed E-state index contributed by atoms with van der Waals surface area (Å²) in [7, 11) is 5.10. The Balaban J connectivity index is 2.24. The number of aliphatic imine (C=N–C) groups is 1. The van der Waals surface area contributed by atoms with E-state index in [0.717, 1.165) is 45.0 Å². The smallest absolute Gasteiger partial charge is 0.381 e. The Labute approximate surface area is 136 Å². The SMILES string of the molecule is CN=C(NCCN(C)CC(F)(F)F)N(C)CCC1CCOCC1. The monoisotopic (exact) mass is 338 g/mol. The fourth-order valence-electron chi connectivity index (χ4n) is 2.65. The van der Waals surface area contributed by atoms with Crippen LogP contribution in [0, 0.1) is 5.92 Å². The second-order valence-electron chi connectivity index (χ2n) is 6.09. The summed E-state index contributed by atoms with van der Waals surface area (Å²) in [5.74, 6) is 1.40. The van der Waals surface area contributed by atoms with Crippen molar-refractivity contribution in [1.82, 2.24) is 15.1 Å². The molecule has 0 saturated carbocycles. The fourth-order valence-corrected chi connectivity index (χ4v) is 2.65. The number of nitrogens with one attached hydrogen (secondary N) is 1.